The summed E-state index contributed by atoms with van der Waals surface area (Å²) in [6, 6.07) is 8.01. The highest BCUT2D eigenvalue weighted by atomic mass is 16.5. The van der Waals surface area contributed by atoms with Gasteiger partial charge in [0.15, 0.2) is 0 Å². The molecule has 1 N–H and O–H groups in total. The van der Waals surface area contributed by atoms with E-state index < -0.39 is 0 Å². The van der Waals surface area contributed by atoms with E-state index in [2.05, 4.69) is 22.3 Å². The van der Waals surface area contributed by atoms with Gasteiger partial charge in [-0.05, 0) is 17.5 Å². The maximum Gasteiger partial charge on any atom is 0.317 e. The van der Waals surface area contributed by atoms with Gasteiger partial charge in [0.25, 0.3) is 0 Å². The molecule has 1 aromatic carbocycles. The first-order valence-electron chi connectivity index (χ1n) is 8.30. The molecule has 128 valence electrons. The second-order valence-electron chi connectivity index (χ2n) is 5.87. The molecule has 0 spiro atoms. The Morgan fingerprint density at radius 3 is 2.96 bits per heavy atom. The molecule has 0 saturated carbocycles. The lowest BCUT2D eigenvalue weighted by Crippen LogP contribution is -2.49. The van der Waals surface area contributed by atoms with Crippen molar-refractivity contribution in [1.82, 2.24) is 25.0 Å². The Labute approximate surface area is 141 Å². The minimum Gasteiger partial charge on any atom is -0.375 e. The first-order valence-corrected chi connectivity index (χ1v) is 8.30. The number of nitrogens with zero attached hydrogens (tertiary/aromatic N) is 4. The Morgan fingerprint density at radius 1 is 1.38 bits per heavy atom. The molecule has 2 aromatic rings. The number of amides is 2. The van der Waals surface area contributed by atoms with Gasteiger partial charge in [-0.3, -0.25) is 0 Å². The van der Waals surface area contributed by atoms with Crippen molar-refractivity contribution in [3.8, 4) is 0 Å². The molecular weight excluding hydrogens is 306 g/mol. The molecule has 2 heterocycles. The number of rotatable bonds is 5. The van der Waals surface area contributed by atoms with Gasteiger partial charge in [0, 0.05) is 19.6 Å². The largest absolute Gasteiger partial charge is 0.375 e. The summed E-state index contributed by atoms with van der Waals surface area (Å²) in [4.78, 5) is 18.2. The highest BCUT2D eigenvalue weighted by Crippen LogP contribution is 2.11. The van der Waals surface area contributed by atoms with E-state index >= 15 is 0 Å². The van der Waals surface area contributed by atoms with Gasteiger partial charge in [-0.25, -0.2) is 14.5 Å². The van der Waals surface area contributed by atoms with Crippen molar-refractivity contribution in [3.05, 3.63) is 48.0 Å². The van der Waals surface area contributed by atoms with Crippen LogP contribution in [0.4, 0.5) is 4.79 Å². The molecule has 1 saturated heterocycles. The maximum absolute atomic E-state index is 12.4. The van der Waals surface area contributed by atoms with E-state index in [4.69, 9.17) is 4.74 Å². The fraction of sp³-hybridized carbons (Fsp3) is 0.471. The molecule has 7 nitrogen and oxygen atoms in total. The summed E-state index contributed by atoms with van der Waals surface area (Å²) in [5, 5.41) is 7.15. The molecular formula is C17H23N5O2. The quantitative estimate of drug-likeness (QED) is 0.905. The molecule has 1 aliphatic heterocycles. The first-order chi connectivity index (χ1) is 11.8. The Bertz CT molecular complexity index is 659. The van der Waals surface area contributed by atoms with Gasteiger partial charge in [0.2, 0.25) is 0 Å². The van der Waals surface area contributed by atoms with Gasteiger partial charge >= 0.3 is 6.03 Å². The van der Waals surface area contributed by atoms with E-state index in [1.165, 1.54) is 6.33 Å². The number of hydrogen-bond acceptors (Lipinski definition) is 4. The van der Waals surface area contributed by atoms with Crippen molar-refractivity contribution in [1.29, 1.82) is 0 Å². The summed E-state index contributed by atoms with van der Waals surface area (Å²) in [5.41, 5.74) is 2.21. The third-order valence-corrected chi connectivity index (χ3v) is 4.23. The number of urea groups is 1. The van der Waals surface area contributed by atoms with Crippen LogP contribution in [-0.2, 0) is 17.8 Å². The monoisotopic (exact) mass is 329 g/mol. The predicted octanol–water partition coefficient (Wildman–Crippen LogP) is 1.65. The average Bonchev–Trinajstić information content (AvgIpc) is 3.14. The lowest BCUT2D eigenvalue weighted by atomic mass is 10.1. The topological polar surface area (TPSA) is 72.3 Å². The zero-order valence-electron chi connectivity index (χ0n) is 13.9. The standard InChI is InChI=1S/C17H23N5O2/c1-2-16-11-21(7-8-24-16)17(23)19-9-14-5-3-4-6-15(14)10-22-13-18-12-20-22/h3-6,12-13,16H,2,7-11H2,1H3,(H,19,23)/t16-/m1/s1. The molecule has 1 fully saturated rings. The Hall–Kier alpha value is -2.41. The van der Waals surface area contributed by atoms with Crippen molar-refractivity contribution in [2.24, 2.45) is 0 Å². The van der Waals surface area contributed by atoms with Gasteiger partial charge in [0.05, 0.1) is 19.3 Å². The van der Waals surface area contributed by atoms with Crippen LogP contribution in [0.2, 0.25) is 0 Å². The summed E-state index contributed by atoms with van der Waals surface area (Å²) >= 11 is 0. The third kappa shape index (κ3) is 4.11. The van der Waals surface area contributed by atoms with Gasteiger partial charge in [-0.1, -0.05) is 31.2 Å². The normalized spacial score (nSPS) is 17.7. The number of carbonyl (C=O) groups is 1. The Balaban J connectivity index is 1.59. The summed E-state index contributed by atoms with van der Waals surface area (Å²) in [6.07, 6.45) is 4.27. The maximum atomic E-state index is 12.4. The number of morpholine rings is 1. The van der Waals surface area contributed by atoms with Crippen molar-refractivity contribution in [3.63, 3.8) is 0 Å². The van der Waals surface area contributed by atoms with Crippen LogP contribution in [0.25, 0.3) is 0 Å². The Kier molecular flexibility index (Phi) is 5.43. The van der Waals surface area contributed by atoms with Crippen LogP contribution in [0.1, 0.15) is 24.5 Å². The van der Waals surface area contributed by atoms with E-state index in [9.17, 15) is 4.79 Å². The molecule has 1 aliphatic rings. The molecule has 0 unspecified atom stereocenters. The minimum atomic E-state index is -0.0349. The number of carbonyl (C=O) groups excluding carboxylic acids is 1. The summed E-state index contributed by atoms with van der Waals surface area (Å²) in [5.74, 6) is 0. The van der Waals surface area contributed by atoms with Crippen LogP contribution in [0.5, 0.6) is 0 Å². The Morgan fingerprint density at radius 2 is 2.21 bits per heavy atom. The zero-order chi connectivity index (χ0) is 16.8. The van der Waals surface area contributed by atoms with E-state index in [1.54, 1.807) is 11.0 Å². The molecule has 1 atom stereocenters. The van der Waals surface area contributed by atoms with Crippen molar-refractivity contribution in [2.45, 2.75) is 32.5 Å². The fourth-order valence-electron chi connectivity index (χ4n) is 2.81. The van der Waals surface area contributed by atoms with Crippen molar-refractivity contribution in [2.75, 3.05) is 19.7 Å². The number of benzene rings is 1. The molecule has 2 amide bonds. The molecule has 0 aliphatic carbocycles. The van der Waals surface area contributed by atoms with Gasteiger partial charge < -0.3 is 15.0 Å². The SMILES string of the molecule is CC[C@@H]1CN(C(=O)NCc2ccccc2Cn2cncn2)CCO1. The van der Waals surface area contributed by atoms with Gasteiger partial charge in [-0.2, -0.15) is 5.10 Å². The molecule has 24 heavy (non-hydrogen) atoms. The number of hydrogen-bond donors (Lipinski definition) is 1. The molecule has 0 radical (unpaired) electrons. The van der Waals surface area contributed by atoms with E-state index in [0.717, 1.165) is 17.5 Å². The van der Waals surface area contributed by atoms with E-state index in [1.807, 2.05) is 29.2 Å². The average molecular weight is 329 g/mol. The van der Waals surface area contributed by atoms with Crippen LogP contribution >= 0.6 is 0 Å². The van der Waals surface area contributed by atoms with Crippen molar-refractivity contribution >= 4 is 6.03 Å². The van der Waals surface area contributed by atoms with Gasteiger partial charge in [-0.15, -0.1) is 0 Å². The van der Waals surface area contributed by atoms with Crippen LogP contribution in [0.3, 0.4) is 0 Å². The smallest absolute Gasteiger partial charge is 0.317 e. The zero-order valence-corrected chi connectivity index (χ0v) is 13.9. The second-order valence-corrected chi connectivity index (χ2v) is 5.87. The fourth-order valence-corrected chi connectivity index (χ4v) is 2.81. The van der Waals surface area contributed by atoms with E-state index in [0.29, 0.717) is 32.8 Å². The lowest BCUT2D eigenvalue weighted by Gasteiger charge is -2.32. The molecule has 1 aromatic heterocycles. The summed E-state index contributed by atoms with van der Waals surface area (Å²) < 4.78 is 7.38. The van der Waals surface area contributed by atoms with Crippen LogP contribution in [-0.4, -0.2) is 51.5 Å². The first kappa shape index (κ1) is 16.4. The predicted molar refractivity (Wildman–Crippen MR) is 89.4 cm³/mol. The van der Waals surface area contributed by atoms with Crippen LogP contribution in [0, 0.1) is 0 Å². The summed E-state index contributed by atoms with van der Waals surface area (Å²) in [6.45, 7) is 5.12. The lowest BCUT2D eigenvalue weighted by molar-refractivity contribution is -0.0154. The third-order valence-electron chi connectivity index (χ3n) is 4.23. The number of nitrogens with one attached hydrogen (secondary N) is 1. The molecule has 3 rings (SSSR count). The summed E-state index contributed by atoms with van der Waals surface area (Å²) in [7, 11) is 0. The highest BCUT2D eigenvalue weighted by Gasteiger charge is 2.22. The van der Waals surface area contributed by atoms with Gasteiger partial charge in [0.1, 0.15) is 12.7 Å². The number of aromatic nitrogens is 3. The molecule has 0 bridgehead atoms. The second kappa shape index (κ2) is 7.92. The number of ether oxygens (including phenoxy) is 1. The minimum absolute atomic E-state index is 0.0349. The van der Waals surface area contributed by atoms with E-state index in [-0.39, 0.29) is 12.1 Å². The van der Waals surface area contributed by atoms with Crippen LogP contribution < -0.4 is 5.32 Å². The molecule has 7 heteroatoms. The highest BCUT2D eigenvalue weighted by molar-refractivity contribution is 5.74. The van der Waals surface area contributed by atoms with Crippen molar-refractivity contribution < 1.29 is 9.53 Å². The van der Waals surface area contributed by atoms with Crippen LogP contribution in [0.15, 0.2) is 36.9 Å².